The van der Waals surface area contributed by atoms with E-state index in [1.165, 1.54) is 0 Å². The maximum absolute atomic E-state index is 5.81. The van der Waals surface area contributed by atoms with Crippen LogP contribution >= 0.6 is 0 Å². The number of nitrogens with two attached hydrogens (primary N) is 1. The summed E-state index contributed by atoms with van der Waals surface area (Å²) in [6, 6.07) is 0.0287. The lowest BCUT2D eigenvalue weighted by Crippen LogP contribution is -2.15. The van der Waals surface area contributed by atoms with Crippen LogP contribution in [0.3, 0.4) is 0 Å². The molecule has 88 valence electrons. The van der Waals surface area contributed by atoms with E-state index in [-0.39, 0.29) is 6.04 Å². The Bertz CT molecular complexity index is 306. The average Bonchev–Trinajstić information content (AvgIpc) is 2.28. The summed E-state index contributed by atoms with van der Waals surface area (Å²) in [5.41, 5.74) is 5.81. The van der Waals surface area contributed by atoms with Gasteiger partial charge < -0.3 is 15.2 Å². The SMILES string of the molecule is COCCOC1=C/C=C/C(N)C/C=C/N=C\1. The van der Waals surface area contributed by atoms with Crippen LogP contribution in [0.4, 0.5) is 0 Å². The number of hydrogen-bond donors (Lipinski definition) is 1. The molecule has 0 radical (unpaired) electrons. The van der Waals surface area contributed by atoms with Gasteiger partial charge in [0, 0.05) is 19.4 Å². The molecule has 1 atom stereocenters. The van der Waals surface area contributed by atoms with Crippen molar-refractivity contribution in [2.24, 2.45) is 10.7 Å². The molecule has 1 heterocycles. The zero-order valence-corrected chi connectivity index (χ0v) is 9.50. The maximum Gasteiger partial charge on any atom is 0.137 e. The van der Waals surface area contributed by atoms with Crippen LogP contribution in [0.15, 0.2) is 41.3 Å². The molecule has 0 fully saturated rings. The molecule has 0 amide bonds. The zero-order chi connectivity index (χ0) is 11.6. The lowest BCUT2D eigenvalue weighted by Gasteiger charge is -2.06. The number of ether oxygens (including phenoxy) is 2. The zero-order valence-electron chi connectivity index (χ0n) is 9.50. The standard InChI is InChI=1S/C12H18N2O2/c1-15-8-9-16-12-6-2-4-11(13)5-3-7-14-10-12/h2-4,6-7,10-11H,5,8-9,13H2,1H3/b4-2+,7-3+,12-6+,14-10-. The van der Waals surface area contributed by atoms with Gasteiger partial charge in [0.2, 0.25) is 0 Å². The Morgan fingerprint density at radius 3 is 3.19 bits per heavy atom. The van der Waals surface area contributed by atoms with Crippen LogP contribution < -0.4 is 5.73 Å². The Morgan fingerprint density at radius 1 is 1.50 bits per heavy atom. The molecule has 1 aliphatic rings. The molecule has 0 aromatic carbocycles. The van der Waals surface area contributed by atoms with E-state index in [1.54, 1.807) is 19.5 Å². The van der Waals surface area contributed by atoms with Gasteiger partial charge in [0.1, 0.15) is 12.4 Å². The molecular formula is C12H18N2O2. The number of nitrogens with zero attached hydrogens (tertiary/aromatic N) is 1. The molecule has 0 aromatic rings. The molecule has 16 heavy (non-hydrogen) atoms. The Balaban J connectivity index is 2.57. The van der Waals surface area contributed by atoms with Crippen molar-refractivity contribution in [2.45, 2.75) is 12.5 Å². The Hall–Kier alpha value is -1.39. The minimum atomic E-state index is 0.0287. The lowest BCUT2D eigenvalue weighted by molar-refractivity contribution is 0.117. The summed E-state index contributed by atoms with van der Waals surface area (Å²) < 4.78 is 10.4. The predicted molar refractivity (Wildman–Crippen MR) is 65.3 cm³/mol. The highest BCUT2D eigenvalue weighted by Gasteiger charge is 1.96. The molecule has 0 bridgehead atoms. The number of aliphatic imine (C=N–C) groups is 1. The number of allylic oxidation sites excluding steroid dienone is 3. The van der Waals surface area contributed by atoms with E-state index >= 15 is 0 Å². The second-order valence-electron chi connectivity index (χ2n) is 3.36. The van der Waals surface area contributed by atoms with Crippen molar-refractivity contribution in [3.05, 3.63) is 36.3 Å². The lowest BCUT2D eigenvalue weighted by atomic mass is 10.2. The van der Waals surface area contributed by atoms with Crippen molar-refractivity contribution in [1.82, 2.24) is 0 Å². The topological polar surface area (TPSA) is 56.8 Å². The van der Waals surface area contributed by atoms with E-state index < -0.39 is 0 Å². The summed E-state index contributed by atoms with van der Waals surface area (Å²) in [4.78, 5) is 4.10. The van der Waals surface area contributed by atoms with E-state index in [1.807, 2.05) is 24.3 Å². The average molecular weight is 222 g/mol. The Morgan fingerprint density at radius 2 is 2.38 bits per heavy atom. The normalized spacial score (nSPS) is 29.9. The second-order valence-corrected chi connectivity index (χ2v) is 3.36. The summed E-state index contributed by atoms with van der Waals surface area (Å²) in [5.74, 6) is 0.701. The summed E-state index contributed by atoms with van der Waals surface area (Å²) in [7, 11) is 1.64. The van der Waals surface area contributed by atoms with Crippen molar-refractivity contribution in [2.75, 3.05) is 20.3 Å². The quantitative estimate of drug-likeness (QED) is 0.732. The van der Waals surface area contributed by atoms with Gasteiger partial charge >= 0.3 is 0 Å². The highest BCUT2D eigenvalue weighted by molar-refractivity contribution is 5.76. The van der Waals surface area contributed by atoms with Crippen molar-refractivity contribution in [3.63, 3.8) is 0 Å². The first kappa shape index (κ1) is 12.7. The van der Waals surface area contributed by atoms with Gasteiger partial charge in [-0.3, -0.25) is 4.99 Å². The van der Waals surface area contributed by atoms with Crippen LogP contribution in [0.5, 0.6) is 0 Å². The van der Waals surface area contributed by atoms with Gasteiger partial charge in [0.05, 0.1) is 12.8 Å². The first-order chi connectivity index (χ1) is 7.83. The van der Waals surface area contributed by atoms with Crippen LogP contribution in [0, 0.1) is 0 Å². The van der Waals surface area contributed by atoms with Gasteiger partial charge in [-0.25, -0.2) is 0 Å². The van der Waals surface area contributed by atoms with E-state index in [0.717, 1.165) is 6.42 Å². The van der Waals surface area contributed by atoms with Gasteiger partial charge in [-0.15, -0.1) is 0 Å². The van der Waals surface area contributed by atoms with Crippen LogP contribution in [0.1, 0.15) is 6.42 Å². The molecule has 0 aromatic heterocycles. The fourth-order valence-corrected chi connectivity index (χ4v) is 1.14. The molecule has 0 saturated carbocycles. The van der Waals surface area contributed by atoms with Gasteiger partial charge in [0.15, 0.2) is 0 Å². The van der Waals surface area contributed by atoms with Crippen LogP contribution in [0.25, 0.3) is 0 Å². The maximum atomic E-state index is 5.81. The molecule has 2 N–H and O–H groups in total. The van der Waals surface area contributed by atoms with Gasteiger partial charge in [-0.2, -0.15) is 0 Å². The molecule has 4 heteroatoms. The second kappa shape index (κ2) is 7.84. The summed E-state index contributed by atoms with van der Waals surface area (Å²) in [5, 5.41) is 0. The molecule has 0 saturated heterocycles. The summed E-state index contributed by atoms with van der Waals surface area (Å²) in [6.07, 6.45) is 11.8. The highest BCUT2D eigenvalue weighted by Crippen LogP contribution is 2.00. The molecule has 0 aliphatic carbocycles. The largest absolute Gasteiger partial charge is 0.490 e. The van der Waals surface area contributed by atoms with Crippen molar-refractivity contribution in [3.8, 4) is 0 Å². The third-order valence-corrected chi connectivity index (χ3v) is 1.98. The minimum Gasteiger partial charge on any atom is -0.490 e. The number of hydrogen-bond acceptors (Lipinski definition) is 4. The molecular weight excluding hydrogens is 204 g/mol. The van der Waals surface area contributed by atoms with Gasteiger partial charge in [-0.1, -0.05) is 18.2 Å². The summed E-state index contributed by atoms with van der Waals surface area (Å²) in [6.45, 7) is 1.07. The minimum absolute atomic E-state index is 0.0287. The van der Waals surface area contributed by atoms with Gasteiger partial charge in [0.25, 0.3) is 0 Å². The first-order valence-electron chi connectivity index (χ1n) is 5.27. The van der Waals surface area contributed by atoms with Crippen molar-refractivity contribution >= 4 is 6.21 Å². The molecule has 4 nitrogen and oxygen atoms in total. The summed E-state index contributed by atoms with van der Waals surface area (Å²) >= 11 is 0. The van der Waals surface area contributed by atoms with E-state index in [9.17, 15) is 0 Å². The fourth-order valence-electron chi connectivity index (χ4n) is 1.14. The number of methoxy groups -OCH3 is 1. The van der Waals surface area contributed by atoms with Crippen molar-refractivity contribution < 1.29 is 9.47 Å². The first-order valence-corrected chi connectivity index (χ1v) is 5.27. The molecule has 1 aliphatic heterocycles. The smallest absolute Gasteiger partial charge is 0.137 e. The highest BCUT2D eigenvalue weighted by atomic mass is 16.5. The van der Waals surface area contributed by atoms with E-state index in [4.69, 9.17) is 15.2 Å². The monoisotopic (exact) mass is 222 g/mol. The molecule has 0 spiro atoms. The van der Waals surface area contributed by atoms with E-state index in [2.05, 4.69) is 4.99 Å². The Kier molecular flexibility index (Phi) is 6.22. The van der Waals surface area contributed by atoms with Gasteiger partial charge in [-0.05, 0) is 12.5 Å². The fraction of sp³-hybridized carbons (Fsp3) is 0.417. The third kappa shape index (κ3) is 5.48. The van der Waals surface area contributed by atoms with Crippen LogP contribution in [-0.2, 0) is 9.47 Å². The predicted octanol–water partition coefficient (Wildman–Crippen LogP) is 1.40. The Labute approximate surface area is 96.1 Å². The van der Waals surface area contributed by atoms with E-state index in [0.29, 0.717) is 19.0 Å². The molecule has 1 rings (SSSR count). The number of rotatable bonds is 4. The van der Waals surface area contributed by atoms with Crippen LogP contribution in [0.2, 0.25) is 0 Å². The molecule has 1 unspecified atom stereocenters. The van der Waals surface area contributed by atoms with Crippen LogP contribution in [-0.4, -0.2) is 32.6 Å². The third-order valence-electron chi connectivity index (χ3n) is 1.98. The van der Waals surface area contributed by atoms with Crippen molar-refractivity contribution in [1.29, 1.82) is 0 Å².